The molecule has 0 saturated heterocycles. The van der Waals surface area contributed by atoms with Gasteiger partial charge >= 0.3 is 8.03 Å². The highest BCUT2D eigenvalue weighted by Gasteiger charge is 2.50. The summed E-state index contributed by atoms with van der Waals surface area (Å²) in [6.45, 7) is 0. The van der Waals surface area contributed by atoms with E-state index in [-0.39, 0.29) is 5.91 Å². The summed E-state index contributed by atoms with van der Waals surface area (Å²) in [7, 11) is -2.30. The minimum atomic E-state index is -2.30. The molecule has 15 heavy (non-hydrogen) atoms. The molecule has 0 bridgehead atoms. The van der Waals surface area contributed by atoms with Gasteiger partial charge in [0, 0.05) is 0 Å². The van der Waals surface area contributed by atoms with Crippen LogP contribution in [0.3, 0.4) is 0 Å². The predicted octanol–water partition coefficient (Wildman–Crippen LogP) is 0.563. The molecule has 1 aliphatic carbocycles. The summed E-state index contributed by atoms with van der Waals surface area (Å²) in [5, 5.41) is 0.369. The maximum Gasteiger partial charge on any atom is 0.546 e. The normalized spacial score (nSPS) is 18.3. The fraction of sp³-hybridized carbons (Fsp3) is 0.300. The lowest BCUT2D eigenvalue weighted by atomic mass is 9.95. The fourth-order valence-corrected chi connectivity index (χ4v) is 2.11. The zero-order chi connectivity index (χ0) is 11.1. The highest BCUT2D eigenvalue weighted by Crippen LogP contribution is 2.47. The number of hydrogen-bond donors (Lipinski definition) is 2. The number of benzene rings is 1. The van der Waals surface area contributed by atoms with Crippen molar-refractivity contribution in [2.24, 2.45) is 5.73 Å². The van der Waals surface area contributed by atoms with Gasteiger partial charge in [-0.05, 0) is 35.1 Å². The van der Waals surface area contributed by atoms with E-state index in [0.717, 1.165) is 18.4 Å². The summed E-state index contributed by atoms with van der Waals surface area (Å²) in [6.07, 6.45) is 1.54. The van der Waals surface area contributed by atoms with Crippen LogP contribution in [0, 0.1) is 0 Å². The largest absolute Gasteiger partial charge is 0.546 e. The zero-order valence-electron chi connectivity index (χ0n) is 8.01. The van der Waals surface area contributed by atoms with E-state index >= 15 is 0 Å². The molecular weight excluding hydrogens is 213 g/mol. The minimum absolute atomic E-state index is 0.316. The van der Waals surface area contributed by atoms with Crippen molar-refractivity contribution in [2.75, 3.05) is 0 Å². The lowest BCUT2D eigenvalue weighted by Gasteiger charge is -2.09. The number of carbonyl (C=O) groups is 1. The van der Waals surface area contributed by atoms with E-state index in [1.54, 1.807) is 24.3 Å². The van der Waals surface area contributed by atoms with Gasteiger partial charge in [-0.15, -0.1) is 0 Å². The van der Waals surface area contributed by atoms with Gasteiger partial charge in [0.25, 0.3) is 0 Å². The smallest absolute Gasteiger partial charge is 0.369 e. The van der Waals surface area contributed by atoms with E-state index in [4.69, 9.17) is 10.6 Å². The van der Waals surface area contributed by atoms with Crippen molar-refractivity contribution in [1.82, 2.24) is 0 Å². The third-order valence-corrected chi connectivity index (χ3v) is 3.60. The van der Waals surface area contributed by atoms with Crippen molar-refractivity contribution in [3.8, 4) is 0 Å². The Morgan fingerprint density at radius 1 is 1.33 bits per heavy atom. The summed E-state index contributed by atoms with van der Waals surface area (Å²) >= 11 is 0. The van der Waals surface area contributed by atoms with Gasteiger partial charge in [-0.1, -0.05) is 12.1 Å². The first-order chi connectivity index (χ1) is 7.06. The van der Waals surface area contributed by atoms with E-state index in [0.29, 0.717) is 5.30 Å². The van der Waals surface area contributed by atoms with E-state index in [2.05, 4.69) is 0 Å². The third kappa shape index (κ3) is 1.66. The second-order valence-corrected chi connectivity index (χ2v) is 4.83. The van der Waals surface area contributed by atoms with Crippen molar-refractivity contribution >= 4 is 19.2 Å². The monoisotopic (exact) mass is 224 g/mol. The van der Waals surface area contributed by atoms with Gasteiger partial charge in [0.2, 0.25) is 11.2 Å². The van der Waals surface area contributed by atoms with Crippen LogP contribution in [0.2, 0.25) is 0 Å². The first-order valence-electron chi connectivity index (χ1n) is 4.63. The molecule has 1 aliphatic rings. The van der Waals surface area contributed by atoms with Crippen LogP contribution < -0.4 is 11.0 Å². The summed E-state index contributed by atoms with van der Waals surface area (Å²) in [5.74, 6) is -0.316. The molecule has 1 aromatic carbocycles. The molecule has 0 aromatic heterocycles. The number of carbonyl (C=O) groups excluding carboxylic acids is 1. The average molecular weight is 224 g/mol. The minimum Gasteiger partial charge on any atom is -0.369 e. The molecule has 1 amide bonds. The first-order valence-corrected chi connectivity index (χ1v) is 5.84. The summed E-state index contributed by atoms with van der Waals surface area (Å²) < 4.78 is 10.8. The molecule has 0 spiro atoms. The predicted molar refractivity (Wildman–Crippen MR) is 56.0 cm³/mol. The Morgan fingerprint density at radius 3 is 2.20 bits per heavy atom. The molecule has 78 valence electrons. The number of hydrogen-bond acceptors (Lipinski definition) is 2. The van der Waals surface area contributed by atoms with Crippen molar-refractivity contribution in [2.45, 2.75) is 18.3 Å². The molecule has 1 unspecified atom stereocenters. The molecular formula is C10H11NO3P+. The fourth-order valence-electron chi connectivity index (χ4n) is 1.71. The SMILES string of the molecule is NC(=O)C1(c2ccc([P+](=O)O)cc2)CC1. The summed E-state index contributed by atoms with van der Waals surface area (Å²) in [4.78, 5) is 20.1. The van der Waals surface area contributed by atoms with Gasteiger partial charge in [0.1, 0.15) is 0 Å². The van der Waals surface area contributed by atoms with E-state index in [9.17, 15) is 9.36 Å². The van der Waals surface area contributed by atoms with Crippen LogP contribution in [0.4, 0.5) is 0 Å². The van der Waals surface area contributed by atoms with Crippen molar-refractivity contribution in [3.05, 3.63) is 29.8 Å². The quantitative estimate of drug-likeness (QED) is 0.736. The average Bonchev–Trinajstić information content (AvgIpc) is 2.98. The number of nitrogens with two attached hydrogens (primary N) is 1. The molecule has 0 radical (unpaired) electrons. The van der Waals surface area contributed by atoms with Gasteiger partial charge in [-0.3, -0.25) is 4.79 Å². The highest BCUT2D eigenvalue weighted by atomic mass is 31.1. The maximum atomic E-state index is 11.2. The standard InChI is InChI=1S/C10H10NO3P/c11-9(12)10(5-6-10)7-1-3-8(4-2-7)15(13)14/h1-4H,5-6H2,(H2-,11,12,13,14)/p+1. The van der Waals surface area contributed by atoms with E-state index in [1.165, 1.54) is 0 Å². The second kappa shape index (κ2) is 3.40. The summed E-state index contributed by atoms with van der Waals surface area (Å²) in [6, 6.07) is 6.54. The van der Waals surface area contributed by atoms with Crippen molar-refractivity contribution in [3.63, 3.8) is 0 Å². The Kier molecular flexibility index (Phi) is 2.33. The van der Waals surface area contributed by atoms with Gasteiger partial charge in [-0.25, -0.2) is 0 Å². The van der Waals surface area contributed by atoms with Crippen LogP contribution in [0.1, 0.15) is 18.4 Å². The molecule has 5 heteroatoms. The van der Waals surface area contributed by atoms with Crippen LogP contribution in [-0.4, -0.2) is 10.8 Å². The lowest BCUT2D eigenvalue weighted by molar-refractivity contribution is -0.120. The van der Waals surface area contributed by atoms with E-state index in [1.807, 2.05) is 0 Å². The lowest BCUT2D eigenvalue weighted by Crippen LogP contribution is -2.28. The van der Waals surface area contributed by atoms with Gasteiger partial charge < -0.3 is 5.73 Å². The Balaban J connectivity index is 2.32. The van der Waals surface area contributed by atoms with Crippen molar-refractivity contribution in [1.29, 1.82) is 0 Å². The Hall–Kier alpha value is -1.25. The second-order valence-electron chi connectivity index (χ2n) is 3.77. The molecule has 1 fully saturated rings. The third-order valence-electron chi connectivity index (χ3n) is 2.86. The molecule has 1 aromatic rings. The Morgan fingerprint density at radius 2 is 1.87 bits per heavy atom. The maximum absolute atomic E-state index is 11.2. The molecule has 4 nitrogen and oxygen atoms in total. The van der Waals surface area contributed by atoms with Crippen LogP contribution >= 0.6 is 8.03 Å². The van der Waals surface area contributed by atoms with Crippen LogP contribution in [0.25, 0.3) is 0 Å². The van der Waals surface area contributed by atoms with Crippen LogP contribution in [0.5, 0.6) is 0 Å². The van der Waals surface area contributed by atoms with E-state index < -0.39 is 13.4 Å². The topological polar surface area (TPSA) is 80.4 Å². The summed E-state index contributed by atoms with van der Waals surface area (Å²) in [5.41, 5.74) is 5.65. The highest BCUT2D eigenvalue weighted by molar-refractivity contribution is 7.47. The molecule has 0 aliphatic heterocycles. The number of primary amides is 1. The van der Waals surface area contributed by atoms with Crippen molar-refractivity contribution < 1.29 is 14.3 Å². The number of amides is 1. The van der Waals surface area contributed by atoms with Gasteiger partial charge in [0.15, 0.2) is 0 Å². The van der Waals surface area contributed by atoms with Crippen LogP contribution in [-0.2, 0) is 14.8 Å². The molecule has 1 saturated carbocycles. The Bertz CT molecular complexity index is 423. The Labute approximate surface area is 88.0 Å². The zero-order valence-corrected chi connectivity index (χ0v) is 8.91. The molecule has 2 rings (SSSR count). The van der Waals surface area contributed by atoms with Gasteiger partial charge in [-0.2, -0.15) is 4.89 Å². The molecule has 1 atom stereocenters. The molecule has 0 heterocycles. The van der Waals surface area contributed by atoms with Gasteiger partial charge in [0.05, 0.1) is 5.41 Å². The first kappa shape index (κ1) is 10.3. The number of rotatable bonds is 3. The van der Waals surface area contributed by atoms with Crippen LogP contribution in [0.15, 0.2) is 24.3 Å². The molecule has 3 N–H and O–H groups in total.